The molecular weight excluding hydrogens is 264 g/mol. The number of benzene rings is 1. The molecular formula is C14H15ClN2O2. The fraction of sp³-hybridized carbons (Fsp3) is 0.286. The number of anilines is 1. The average Bonchev–Trinajstić information content (AvgIpc) is 2.38. The Kier molecular flexibility index (Phi) is 4.22. The Bertz CT molecular complexity index is 601. The van der Waals surface area contributed by atoms with Crippen LogP contribution in [0.4, 0.5) is 5.69 Å². The maximum absolute atomic E-state index is 10.7. The first-order valence-electron chi connectivity index (χ1n) is 6.13. The third kappa shape index (κ3) is 3.15. The molecule has 5 heteroatoms. The van der Waals surface area contributed by atoms with Crippen LogP contribution in [0.15, 0.2) is 30.5 Å². The quantitative estimate of drug-likeness (QED) is 0.913. The number of aliphatic carboxylic acids is 1. The first kappa shape index (κ1) is 13.6. The molecule has 1 aromatic carbocycles. The van der Waals surface area contributed by atoms with Gasteiger partial charge in [-0.2, -0.15) is 0 Å². The lowest BCUT2D eigenvalue weighted by Gasteiger charge is -2.23. The number of pyridine rings is 1. The Balaban J connectivity index is 2.39. The summed E-state index contributed by atoms with van der Waals surface area (Å²) in [5, 5.41) is 10.4. The second-order valence-corrected chi connectivity index (χ2v) is 4.65. The monoisotopic (exact) mass is 278 g/mol. The van der Waals surface area contributed by atoms with E-state index in [2.05, 4.69) is 4.98 Å². The van der Waals surface area contributed by atoms with Crippen molar-refractivity contribution in [2.75, 3.05) is 18.0 Å². The highest BCUT2D eigenvalue weighted by molar-refractivity contribution is 6.31. The number of carbonyl (C=O) groups is 1. The molecule has 100 valence electrons. The molecule has 0 spiro atoms. The van der Waals surface area contributed by atoms with Crippen LogP contribution in [0.3, 0.4) is 0 Å². The van der Waals surface area contributed by atoms with E-state index >= 15 is 0 Å². The summed E-state index contributed by atoms with van der Waals surface area (Å²) in [5.74, 6) is -0.792. The molecule has 4 nitrogen and oxygen atoms in total. The minimum Gasteiger partial charge on any atom is -0.481 e. The van der Waals surface area contributed by atoms with Crippen molar-refractivity contribution in [1.29, 1.82) is 0 Å². The van der Waals surface area contributed by atoms with Crippen molar-refractivity contribution >= 4 is 34.2 Å². The van der Waals surface area contributed by atoms with E-state index in [9.17, 15) is 4.79 Å². The first-order chi connectivity index (χ1) is 9.11. The molecule has 2 rings (SSSR count). The van der Waals surface area contributed by atoms with Crippen molar-refractivity contribution in [2.45, 2.75) is 13.3 Å². The fourth-order valence-electron chi connectivity index (χ4n) is 2.06. The Morgan fingerprint density at radius 2 is 2.21 bits per heavy atom. The standard InChI is InChI=1S/C14H15ClN2O2/c1-2-17(8-6-14(18)19)13-5-7-16-12-9-10(15)3-4-11(12)13/h3-5,7,9H,2,6,8H2,1H3,(H,18,19). The zero-order valence-corrected chi connectivity index (χ0v) is 11.4. The topological polar surface area (TPSA) is 53.4 Å². The van der Waals surface area contributed by atoms with E-state index in [1.807, 2.05) is 36.1 Å². The summed E-state index contributed by atoms with van der Waals surface area (Å²) in [6.45, 7) is 3.23. The lowest BCUT2D eigenvalue weighted by Crippen LogP contribution is -2.25. The zero-order chi connectivity index (χ0) is 13.8. The fourth-order valence-corrected chi connectivity index (χ4v) is 2.23. The Hall–Kier alpha value is -1.81. The first-order valence-corrected chi connectivity index (χ1v) is 6.50. The molecule has 0 saturated carbocycles. The molecule has 1 N–H and O–H groups in total. The smallest absolute Gasteiger partial charge is 0.305 e. The van der Waals surface area contributed by atoms with Crippen LogP contribution in [-0.4, -0.2) is 29.1 Å². The van der Waals surface area contributed by atoms with Crippen molar-refractivity contribution in [1.82, 2.24) is 4.98 Å². The highest BCUT2D eigenvalue weighted by atomic mass is 35.5. The van der Waals surface area contributed by atoms with Gasteiger partial charge in [0.25, 0.3) is 0 Å². The minimum atomic E-state index is -0.792. The van der Waals surface area contributed by atoms with Gasteiger partial charge in [-0.3, -0.25) is 9.78 Å². The lowest BCUT2D eigenvalue weighted by atomic mass is 10.1. The maximum atomic E-state index is 10.7. The number of aromatic nitrogens is 1. The Morgan fingerprint density at radius 1 is 1.42 bits per heavy atom. The molecule has 0 radical (unpaired) electrons. The van der Waals surface area contributed by atoms with Crippen molar-refractivity contribution in [3.05, 3.63) is 35.5 Å². The van der Waals surface area contributed by atoms with Crippen LogP contribution < -0.4 is 4.90 Å². The van der Waals surface area contributed by atoms with Gasteiger partial charge in [-0.25, -0.2) is 0 Å². The molecule has 19 heavy (non-hydrogen) atoms. The van der Waals surface area contributed by atoms with E-state index in [-0.39, 0.29) is 6.42 Å². The van der Waals surface area contributed by atoms with Gasteiger partial charge < -0.3 is 10.0 Å². The zero-order valence-electron chi connectivity index (χ0n) is 10.6. The summed E-state index contributed by atoms with van der Waals surface area (Å²) < 4.78 is 0. The van der Waals surface area contributed by atoms with Crippen molar-refractivity contribution in [3.63, 3.8) is 0 Å². The summed E-state index contributed by atoms with van der Waals surface area (Å²) in [4.78, 5) is 17.0. The minimum absolute atomic E-state index is 0.116. The van der Waals surface area contributed by atoms with E-state index in [1.54, 1.807) is 6.20 Å². The molecule has 0 aliphatic rings. The van der Waals surface area contributed by atoms with Crippen molar-refractivity contribution in [3.8, 4) is 0 Å². The number of hydrogen-bond donors (Lipinski definition) is 1. The van der Waals surface area contributed by atoms with Crippen molar-refractivity contribution in [2.24, 2.45) is 0 Å². The number of fused-ring (bicyclic) bond motifs is 1. The lowest BCUT2D eigenvalue weighted by molar-refractivity contribution is -0.136. The van der Waals surface area contributed by atoms with Gasteiger partial charge in [0.05, 0.1) is 11.9 Å². The molecule has 1 aromatic heterocycles. The van der Waals surface area contributed by atoms with E-state index in [0.717, 1.165) is 23.1 Å². The molecule has 0 aliphatic carbocycles. The number of hydrogen-bond acceptors (Lipinski definition) is 3. The van der Waals surface area contributed by atoms with Gasteiger partial charge in [0.1, 0.15) is 0 Å². The number of nitrogens with zero attached hydrogens (tertiary/aromatic N) is 2. The molecule has 0 unspecified atom stereocenters. The second-order valence-electron chi connectivity index (χ2n) is 4.21. The third-order valence-electron chi connectivity index (χ3n) is 3.00. The molecule has 0 amide bonds. The van der Waals surface area contributed by atoms with Crippen LogP contribution in [0.2, 0.25) is 5.02 Å². The van der Waals surface area contributed by atoms with Gasteiger partial charge in [-0.1, -0.05) is 11.6 Å². The van der Waals surface area contributed by atoms with Crippen LogP contribution in [0.1, 0.15) is 13.3 Å². The molecule has 0 bridgehead atoms. The third-order valence-corrected chi connectivity index (χ3v) is 3.23. The molecule has 0 atom stereocenters. The van der Waals surface area contributed by atoms with E-state index in [4.69, 9.17) is 16.7 Å². The van der Waals surface area contributed by atoms with Crippen LogP contribution in [0.5, 0.6) is 0 Å². The second kappa shape index (κ2) is 5.89. The van der Waals surface area contributed by atoms with Gasteiger partial charge in [0, 0.05) is 35.4 Å². The average molecular weight is 279 g/mol. The van der Waals surface area contributed by atoms with E-state index in [1.165, 1.54) is 0 Å². The van der Waals surface area contributed by atoms with E-state index < -0.39 is 5.97 Å². The number of rotatable bonds is 5. The number of halogens is 1. The summed E-state index contributed by atoms with van der Waals surface area (Å²) in [7, 11) is 0. The summed E-state index contributed by atoms with van der Waals surface area (Å²) in [5.41, 5.74) is 1.81. The van der Waals surface area contributed by atoms with Crippen LogP contribution in [-0.2, 0) is 4.79 Å². The molecule has 0 aliphatic heterocycles. The van der Waals surface area contributed by atoms with Crippen LogP contribution in [0.25, 0.3) is 10.9 Å². The van der Waals surface area contributed by atoms with Crippen LogP contribution in [0, 0.1) is 0 Å². The molecule has 0 saturated heterocycles. The highest BCUT2D eigenvalue weighted by Gasteiger charge is 2.10. The normalized spacial score (nSPS) is 10.6. The van der Waals surface area contributed by atoms with Gasteiger partial charge in [-0.15, -0.1) is 0 Å². The largest absolute Gasteiger partial charge is 0.481 e. The maximum Gasteiger partial charge on any atom is 0.305 e. The summed E-state index contributed by atoms with van der Waals surface area (Å²) in [6, 6.07) is 7.45. The number of carboxylic acids is 1. The SMILES string of the molecule is CCN(CCC(=O)O)c1ccnc2cc(Cl)ccc12. The van der Waals surface area contributed by atoms with E-state index in [0.29, 0.717) is 11.6 Å². The van der Waals surface area contributed by atoms with Gasteiger partial charge in [0.15, 0.2) is 0 Å². The molecule has 1 heterocycles. The Morgan fingerprint density at radius 3 is 2.89 bits per heavy atom. The summed E-state index contributed by atoms with van der Waals surface area (Å²) >= 11 is 5.96. The molecule has 0 fully saturated rings. The van der Waals surface area contributed by atoms with Gasteiger partial charge in [-0.05, 0) is 31.2 Å². The molecule has 2 aromatic rings. The predicted octanol–water partition coefficient (Wildman–Crippen LogP) is 3.19. The predicted molar refractivity (Wildman–Crippen MR) is 76.9 cm³/mol. The van der Waals surface area contributed by atoms with Gasteiger partial charge >= 0.3 is 5.97 Å². The van der Waals surface area contributed by atoms with Gasteiger partial charge in [0.2, 0.25) is 0 Å². The Labute approximate surface area is 116 Å². The van der Waals surface area contributed by atoms with Crippen molar-refractivity contribution < 1.29 is 9.90 Å². The summed E-state index contributed by atoms with van der Waals surface area (Å²) in [6.07, 6.45) is 1.84. The van der Waals surface area contributed by atoms with Crippen LogP contribution >= 0.6 is 11.6 Å². The highest BCUT2D eigenvalue weighted by Crippen LogP contribution is 2.27. The number of carboxylic acid groups (broad SMARTS) is 1.